The van der Waals surface area contributed by atoms with Crippen molar-refractivity contribution in [3.8, 4) is 16.9 Å². The predicted molar refractivity (Wildman–Crippen MR) is 111 cm³/mol. The van der Waals surface area contributed by atoms with E-state index < -0.39 is 0 Å². The van der Waals surface area contributed by atoms with Gasteiger partial charge in [-0.15, -0.1) is 0 Å². The summed E-state index contributed by atoms with van der Waals surface area (Å²) in [4.78, 5) is 17.2. The fourth-order valence-electron chi connectivity index (χ4n) is 5.08. The number of aryl methyl sites for hydroxylation is 1. The van der Waals surface area contributed by atoms with Crippen LogP contribution in [0.5, 0.6) is 0 Å². The Bertz CT molecular complexity index is 1170. The monoisotopic (exact) mass is 374 g/mol. The Balaban J connectivity index is 1.87. The summed E-state index contributed by atoms with van der Waals surface area (Å²) in [6, 6.07) is 16.4. The fraction of sp³-hybridized carbons (Fsp3) is 0.304. The zero-order valence-corrected chi connectivity index (χ0v) is 16.2. The Kier molecular flexibility index (Phi) is 3.73. The molecule has 1 heterocycles. The molecule has 136 valence electrons. The quantitative estimate of drug-likeness (QED) is 0.592. The maximum atomic E-state index is 13.8. The first kappa shape index (κ1) is 16.7. The normalized spacial score (nSPS) is 16.9. The van der Waals surface area contributed by atoms with Crippen molar-refractivity contribution in [3.63, 3.8) is 0 Å². The second kappa shape index (κ2) is 6.03. The lowest BCUT2D eigenvalue weighted by Gasteiger charge is -2.36. The van der Waals surface area contributed by atoms with Crippen LogP contribution in [0.2, 0.25) is 0 Å². The minimum absolute atomic E-state index is 0.0516. The molecule has 4 heteroatoms. The maximum Gasteiger partial charge on any atom is 0.263 e. The molecule has 2 aromatic carbocycles. The van der Waals surface area contributed by atoms with E-state index in [4.69, 9.17) is 12.2 Å². The van der Waals surface area contributed by atoms with Gasteiger partial charge in [0.05, 0.1) is 11.4 Å². The highest BCUT2D eigenvalue weighted by atomic mass is 32.1. The molecule has 3 nitrogen and oxygen atoms in total. The first-order valence-electron chi connectivity index (χ1n) is 9.64. The summed E-state index contributed by atoms with van der Waals surface area (Å²) >= 11 is 5.65. The molecule has 2 aliphatic carbocycles. The van der Waals surface area contributed by atoms with Crippen LogP contribution in [0.25, 0.3) is 16.9 Å². The van der Waals surface area contributed by atoms with Gasteiger partial charge in [0.25, 0.3) is 5.56 Å². The summed E-state index contributed by atoms with van der Waals surface area (Å²) in [6.45, 7) is 2.04. The van der Waals surface area contributed by atoms with Crippen molar-refractivity contribution in [2.75, 3.05) is 0 Å². The van der Waals surface area contributed by atoms with Crippen LogP contribution in [-0.2, 0) is 11.8 Å². The minimum atomic E-state index is -0.0636. The molecule has 27 heavy (non-hydrogen) atoms. The third-order valence-electron chi connectivity index (χ3n) is 6.27. The molecule has 5 rings (SSSR count). The number of aromatic amines is 1. The van der Waals surface area contributed by atoms with Crippen LogP contribution in [0.15, 0.2) is 53.3 Å². The zero-order valence-electron chi connectivity index (χ0n) is 15.4. The van der Waals surface area contributed by atoms with Crippen LogP contribution >= 0.6 is 12.2 Å². The molecule has 1 N–H and O–H groups in total. The number of aromatic nitrogens is 2. The molecule has 1 fully saturated rings. The van der Waals surface area contributed by atoms with Gasteiger partial charge >= 0.3 is 0 Å². The van der Waals surface area contributed by atoms with Crippen molar-refractivity contribution >= 4 is 12.2 Å². The van der Waals surface area contributed by atoms with Crippen molar-refractivity contribution in [3.05, 3.63) is 80.3 Å². The highest BCUT2D eigenvalue weighted by Gasteiger charge is 2.44. The number of rotatable bonds is 1. The topological polar surface area (TPSA) is 37.8 Å². The molecular weight excluding hydrogens is 352 g/mol. The van der Waals surface area contributed by atoms with Crippen molar-refractivity contribution in [2.24, 2.45) is 0 Å². The molecule has 3 aromatic rings. The van der Waals surface area contributed by atoms with E-state index in [-0.39, 0.29) is 11.0 Å². The van der Waals surface area contributed by atoms with Gasteiger partial charge in [0.2, 0.25) is 0 Å². The molecule has 0 aliphatic heterocycles. The van der Waals surface area contributed by atoms with Gasteiger partial charge in [-0.05, 0) is 61.7 Å². The maximum absolute atomic E-state index is 13.8. The van der Waals surface area contributed by atoms with E-state index in [0.29, 0.717) is 4.77 Å². The first-order chi connectivity index (χ1) is 13.1. The van der Waals surface area contributed by atoms with Crippen LogP contribution in [-0.4, -0.2) is 9.55 Å². The SMILES string of the molecule is Cc1cccc(-n2c(=S)[nH]c3c(c2=O)C2(CCCC2)Cc2ccccc2-3)c1. The molecule has 0 saturated heterocycles. The van der Waals surface area contributed by atoms with E-state index in [1.165, 1.54) is 18.4 Å². The Morgan fingerprint density at radius 1 is 1.07 bits per heavy atom. The summed E-state index contributed by atoms with van der Waals surface area (Å²) in [5.41, 5.74) is 6.28. The Labute approximate surface area is 163 Å². The number of H-pyrrole nitrogens is 1. The Morgan fingerprint density at radius 2 is 1.85 bits per heavy atom. The lowest BCUT2D eigenvalue weighted by atomic mass is 9.68. The van der Waals surface area contributed by atoms with Crippen molar-refractivity contribution in [1.82, 2.24) is 9.55 Å². The lowest BCUT2D eigenvalue weighted by molar-refractivity contribution is 0.424. The van der Waals surface area contributed by atoms with Crippen LogP contribution in [0, 0.1) is 11.7 Å². The van der Waals surface area contributed by atoms with Gasteiger partial charge in [-0.25, -0.2) is 0 Å². The third-order valence-corrected chi connectivity index (χ3v) is 6.55. The van der Waals surface area contributed by atoms with Crippen LogP contribution < -0.4 is 5.56 Å². The predicted octanol–water partition coefficient (Wildman–Crippen LogP) is 5.24. The van der Waals surface area contributed by atoms with Crippen molar-refractivity contribution in [2.45, 2.75) is 44.4 Å². The molecule has 0 bridgehead atoms. The minimum Gasteiger partial charge on any atom is -0.331 e. The fourth-order valence-corrected chi connectivity index (χ4v) is 5.37. The molecule has 0 amide bonds. The number of benzene rings is 2. The van der Waals surface area contributed by atoms with E-state index in [1.807, 2.05) is 37.3 Å². The number of fused-ring (bicyclic) bond motifs is 4. The van der Waals surface area contributed by atoms with Crippen molar-refractivity contribution < 1.29 is 0 Å². The summed E-state index contributed by atoms with van der Waals surface area (Å²) < 4.78 is 2.16. The van der Waals surface area contributed by atoms with E-state index in [1.54, 1.807) is 4.57 Å². The number of hydrogen-bond acceptors (Lipinski definition) is 2. The molecule has 0 radical (unpaired) electrons. The number of nitrogens with one attached hydrogen (secondary N) is 1. The van der Waals surface area contributed by atoms with E-state index >= 15 is 0 Å². The van der Waals surface area contributed by atoms with Crippen LogP contribution in [0.3, 0.4) is 0 Å². The third kappa shape index (κ3) is 2.47. The highest BCUT2D eigenvalue weighted by Crippen LogP contribution is 2.49. The van der Waals surface area contributed by atoms with Gasteiger partial charge in [0.15, 0.2) is 4.77 Å². The Morgan fingerprint density at radius 3 is 2.63 bits per heavy atom. The van der Waals surface area contributed by atoms with Crippen LogP contribution in [0.4, 0.5) is 0 Å². The molecule has 0 atom stereocenters. The Hall–Kier alpha value is -2.46. The zero-order chi connectivity index (χ0) is 18.6. The van der Waals surface area contributed by atoms with Gasteiger partial charge in [-0.2, -0.15) is 0 Å². The van der Waals surface area contributed by atoms with Gasteiger partial charge in [-0.3, -0.25) is 9.36 Å². The van der Waals surface area contributed by atoms with Gasteiger partial charge < -0.3 is 4.98 Å². The smallest absolute Gasteiger partial charge is 0.263 e. The van der Waals surface area contributed by atoms with E-state index in [9.17, 15) is 4.79 Å². The first-order valence-corrected chi connectivity index (χ1v) is 10.1. The van der Waals surface area contributed by atoms with Gasteiger partial charge in [0.1, 0.15) is 0 Å². The molecule has 1 aromatic heterocycles. The summed E-state index contributed by atoms with van der Waals surface area (Å²) in [6.07, 6.45) is 5.45. The van der Waals surface area contributed by atoms with Crippen molar-refractivity contribution in [1.29, 1.82) is 0 Å². The van der Waals surface area contributed by atoms with E-state index in [0.717, 1.165) is 47.3 Å². The lowest BCUT2D eigenvalue weighted by Crippen LogP contribution is -2.39. The summed E-state index contributed by atoms with van der Waals surface area (Å²) in [5.74, 6) is 0. The molecular formula is C23H22N2OS. The second-order valence-electron chi connectivity index (χ2n) is 7.98. The molecule has 1 spiro atoms. The summed E-state index contributed by atoms with van der Waals surface area (Å²) in [5, 5.41) is 0. The number of hydrogen-bond donors (Lipinski definition) is 1. The second-order valence-corrected chi connectivity index (χ2v) is 8.37. The average molecular weight is 375 g/mol. The van der Waals surface area contributed by atoms with Crippen LogP contribution in [0.1, 0.15) is 42.4 Å². The molecule has 1 saturated carbocycles. The molecule has 2 aliphatic rings. The van der Waals surface area contributed by atoms with Gasteiger partial charge in [-0.1, -0.05) is 49.2 Å². The molecule has 0 unspecified atom stereocenters. The highest BCUT2D eigenvalue weighted by molar-refractivity contribution is 7.71. The van der Waals surface area contributed by atoms with Gasteiger partial charge in [0, 0.05) is 16.5 Å². The largest absolute Gasteiger partial charge is 0.331 e. The standard InChI is InChI=1S/C23H22N2OS/c1-15-7-6-9-17(13-15)25-21(26)19-20(24-22(25)27)18-10-3-2-8-16(18)14-23(19)11-4-5-12-23/h2-3,6-10,13H,4-5,11-12,14H2,1H3,(H,24,27). The van der Waals surface area contributed by atoms with E-state index in [2.05, 4.69) is 23.2 Å². The number of nitrogens with zero attached hydrogens (tertiary/aromatic N) is 1. The average Bonchev–Trinajstić information content (AvgIpc) is 3.10. The summed E-state index contributed by atoms with van der Waals surface area (Å²) in [7, 11) is 0.